The van der Waals surface area contributed by atoms with E-state index in [9.17, 15) is 4.79 Å². The van der Waals surface area contributed by atoms with Gasteiger partial charge in [0.2, 0.25) is 0 Å². The van der Waals surface area contributed by atoms with E-state index in [0.29, 0.717) is 13.0 Å². The van der Waals surface area contributed by atoms with Crippen LogP contribution in [0.3, 0.4) is 0 Å². The minimum atomic E-state index is -0.474. The topological polar surface area (TPSA) is 38.3 Å². The Hall–Kier alpha value is -1.65. The van der Waals surface area contributed by atoms with Gasteiger partial charge in [0.05, 0.1) is 0 Å². The molecule has 1 unspecified atom stereocenters. The lowest BCUT2D eigenvalue weighted by atomic mass is 9.87. The van der Waals surface area contributed by atoms with Crippen LogP contribution in [0.25, 0.3) is 0 Å². The fourth-order valence-corrected chi connectivity index (χ4v) is 3.72. The van der Waals surface area contributed by atoms with Crippen LogP contribution in [0.5, 0.6) is 5.75 Å². The maximum Gasteiger partial charge on any atom is 0.261 e. The summed E-state index contributed by atoms with van der Waals surface area (Å²) in [6.45, 7) is 9.11. The van der Waals surface area contributed by atoms with Crippen molar-refractivity contribution in [2.24, 2.45) is 0 Å². The molecule has 1 amide bonds. The van der Waals surface area contributed by atoms with Crippen LogP contribution in [-0.2, 0) is 16.0 Å². The molecule has 1 atom stereocenters. The van der Waals surface area contributed by atoms with Crippen molar-refractivity contribution in [3.05, 3.63) is 64.7 Å². The van der Waals surface area contributed by atoms with Crippen LogP contribution in [0.4, 0.5) is 0 Å². The summed E-state index contributed by atoms with van der Waals surface area (Å²) in [5.74, 6) is 2.38. The van der Waals surface area contributed by atoms with Gasteiger partial charge in [0.25, 0.3) is 5.91 Å². The van der Waals surface area contributed by atoms with E-state index in [4.69, 9.17) is 16.3 Å². The third-order valence-electron chi connectivity index (χ3n) is 4.37. The number of hydrogen-bond donors (Lipinski definition) is 1. The van der Waals surface area contributed by atoms with Crippen LogP contribution in [-0.4, -0.2) is 24.3 Å². The second kappa shape index (κ2) is 10.8. The minimum absolute atomic E-state index is 0.0641. The van der Waals surface area contributed by atoms with Gasteiger partial charge in [-0.25, -0.2) is 0 Å². The molecule has 0 fully saturated rings. The second-order valence-electron chi connectivity index (χ2n) is 7.76. The summed E-state index contributed by atoms with van der Waals surface area (Å²) in [4.78, 5) is 12.4. The van der Waals surface area contributed by atoms with E-state index in [2.05, 4.69) is 44.3 Å². The summed E-state index contributed by atoms with van der Waals surface area (Å²) >= 11 is 7.76. The van der Waals surface area contributed by atoms with E-state index < -0.39 is 6.10 Å². The van der Waals surface area contributed by atoms with Crippen LogP contribution < -0.4 is 10.1 Å². The Morgan fingerprint density at radius 1 is 1.18 bits per heavy atom. The molecule has 0 spiro atoms. The van der Waals surface area contributed by atoms with Crippen LogP contribution in [0.15, 0.2) is 48.5 Å². The zero-order valence-electron chi connectivity index (χ0n) is 17.1. The second-order valence-corrected chi connectivity index (χ2v) is 9.30. The highest BCUT2D eigenvalue weighted by Crippen LogP contribution is 2.25. The first-order chi connectivity index (χ1) is 13.3. The highest BCUT2D eigenvalue weighted by molar-refractivity contribution is 7.98. The van der Waals surface area contributed by atoms with Gasteiger partial charge >= 0.3 is 0 Å². The predicted octanol–water partition coefficient (Wildman–Crippen LogP) is 5.84. The molecule has 0 aliphatic carbocycles. The Labute approximate surface area is 178 Å². The number of rotatable bonds is 9. The van der Waals surface area contributed by atoms with Gasteiger partial charge in [-0.2, -0.15) is 11.8 Å². The molecule has 2 aromatic rings. The normalized spacial score (nSPS) is 12.5. The van der Waals surface area contributed by atoms with Crippen LogP contribution in [0.1, 0.15) is 45.2 Å². The number of carbonyl (C=O) groups is 1. The fraction of sp³-hybridized carbons (Fsp3) is 0.435. The molecule has 28 heavy (non-hydrogen) atoms. The average molecular weight is 420 g/mol. The molecule has 0 saturated heterocycles. The molecule has 0 saturated carbocycles. The smallest absolute Gasteiger partial charge is 0.261 e. The summed E-state index contributed by atoms with van der Waals surface area (Å²) < 4.78 is 5.90. The summed E-state index contributed by atoms with van der Waals surface area (Å²) in [6, 6.07) is 15.9. The SMILES string of the molecule is CCC(Oc1ccc(C(C)(C)C)cc1)C(=O)NCCSCc1cccc(Cl)c1. The molecular formula is C23H30ClNO2S. The Bertz CT molecular complexity index is 756. The molecule has 0 aliphatic rings. The number of benzene rings is 2. The molecule has 2 rings (SSSR count). The molecule has 1 N–H and O–H groups in total. The summed E-state index contributed by atoms with van der Waals surface area (Å²) in [5, 5.41) is 3.73. The molecule has 5 heteroatoms. The van der Waals surface area contributed by atoms with Gasteiger partial charge in [-0.05, 0) is 47.2 Å². The molecule has 2 aromatic carbocycles. The lowest BCUT2D eigenvalue weighted by molar-refractivity contribution is -0.127. The first-order valence-corrected chi connectivity index (χ1v) is 11.2. The minimum Gasteiger partial charge on any atom is -0.481 e. The first-order valence-electron chi connectivity index (χ1n) is 9.66. The quantitative estimate of drug-likeness (QED) is 0.518. The highest BCUT2D eigenvalue weighted by atomic mass is 35.5. The van der Waals surface area contributed by atoms with E-state index >= 15 is 0 Å². The van der Waals surface area contributed by atoms with Crippen molar-refractivity contribution in [1.82, 2.24) is 5.32 Å². The van der Waals surface area contributed by atoms with Crippen molar-refractivity contribution >= 4 is 29.3 Å². The molecular weight excluding hydrogens is 390 g/mol. The highest BCUT2D eigenvalue weighted by Gasteiger charge is 2.19. The Kier molecular flexibility index (Phi) is 8.71. The van der Waals surface area contributed by atoms with Gasteiger partial charge in [-0.1, -0.05) is 63.6 Å². The van der Waals surface area contributed by atoms with Crippen molar-refractivity contribution in [2.45, 2.75) is 51.4 Å². The summed E-state index contributed by atoms with van der Waals surface area (Å²) in [7, 11) is 0. The van der Waals surface area contributed by atoms with Crippen molar-refractivity contribution in [1.29, 1.82) is 0 Å². The van der Waals surface area contributed by atoms with Crippen molar-refractivity contribution in [3.8, 4) is 5.75 Å². The lowest BCUT2D eigenvalue weighted by Crippen LogP contribution is -2.39. The number of thioether (sulfide) groups is 1. The first kappa shape index (κ1) is 22.6. The van der Waals surface area contributed by atoms with Gasteiger partial charge in [0.15, 0.2) is 6.10 Å². The number of hydrogen-bond acceptors (Lipinski definition) is 3. The van der Waals surface area contributed by atoms with E-state index in [1.54, 1.807) is 11.8 Å². The number of ether oxygens (including phenoxy) is 1. The molecule has 0 radical (unpaired) electrons. The Balaban J connectivity index is 1.75. The van der Waals surface area contributed by atoms with E-state index in [1.807, 2.05) is 37.3 Å². The van der Waals surface area contributed by atoms with Crippen molar-refractivity contribution in [2.75, 3.05) is 12.3 Å². The molecule has 0 heterocycles. The maximum atomic E-state index is 12.4. The van der Waals surface area contributed by atoms with E-state index in [-0.39, 0.29) is 11.3 Å². The predicted molar refractivity (Wildman–Crippen MR) is 120 cm³/mol. The monoisotopic (exact) mass is 419 g/mol. The maximum absolute atomic E-state index is 12.4. The van der Waals surface area contributed by atoms with Crippen LogP contribution in [0, 0.1) is 0 Å². The summed E-state index contributed by atoms with van der Waals surface area (Å²) in [6.07, 6.45) is 0.154. The largest absolute Gasteiger partial charge is 0.481 e. The van der Waals surface area contributed by atoms with Gasteiger partial charge in [-0.3, -0.25) is 4.79 Å². The Morgan fingerprint density at radius 2 is 1.89 bits per heavy atom. The van der Waals surface area contributed by atoms with Gasteiger partial charge in [0.1, 0.15) is 5.75 Å². The fourth-order valence-electron chi connectivity index (χ4n) is 2.70. The van der Waals surface area contributed by atoms with Crippen LogP contribution in [0.2, 0.25) is 5.02 Å². The zero-order valence-corrected chi connectivity index (χ0v) is 18.7. The molecule has 0 bridgehead atoms. The van der Waals surface area contributed by atoms with E-state index in [0.717, 1.165) is 22.3 Å². The third-order valence-corrected chi connectivity index (χ3v) is 5.63. The van der Waals surface area contributed by atoms with E-state index in [1.165, 1.54) is 11.1 Å². The standard InChI is InChI=1S/C23H30ClNO2S/c1-5-21(27-20-11-9-18(10-12-20)23(2,3)4)22(26)25-13-14-28-16-17-7-6-8-19(24)15-17/h6-12,15,21H,5,13-14,16H2,1-4H3,(H,25,26). The van der Waals surface area contributed by atoms with Gasteiger partial charge in [-0.15, -0.1) is 0 Å². The molecule has 152 valence electrons. The average Bonchev–Trinajstić information content (AvgIpc) is 2.65. The third kappa shape index (κ3) is 7.40. The molecule has 3 nitrogen and oxygen atoms in total. The van der Waals surface area contributed by atoms with Crippen molar-refractivity contribution in [3.63, 3.8) is 0 Å². The van der Waals surface area contributed by atoms with Crippen LogP contribution >= 0.6 is 23.4 Å². The van der Waals surface area contributed by atoms with Gasteiger partial charge < -0.3 is 10.1 Å². The zero-order chi connectivity index (χ0) is 20.6. The number of carbonyl (C=O) groups excluding carboxylic acids is 1. The number of amides is 1. The van der Waals surface area contributed by atoms with Gasteiger partial charge in [0, 0.05) is 23.1 Å². The number of nitrogens with one attached hydrogen (secondary N) is 1. The number of halogens is 1. The Morgan fingerprint density at radius 3 is 2.50 bits per heavy atom. The summed E-state index contributed by atoms with van der Waals surface area (Å²) in [5.41, 5.74) is 2.54. The molecule has 0 aliphatic heterocycles. The lowest BCUT2D eigenvalue weighted by Gasteiger charge is -2.21. The van der Waals surface area contributed by atoms with Crippen molar-refractivity contribution < 1.29 is 9.53 Å². The molecule has 0 aromatic heterocycles.